The van der Waals surface area contributed by atoms with Crippen molar-refractivity contribution in [2.75, 3.05) is 9.80 Å². The van der Waals surface area contributed by atoms with Crippen LogP contribution in [0.15, 0.2) is 205 Å². The van der Waals surface area contributed by atoms with Crippen LogP contribution in [0.2, 0.25) is 0 Å². The van der Waals surface area contributed by atoms with Gasteiger partial charge < -0.3 is 9.80 Å². The van der Waals surface area contributed by atoms with Crippen LogP contribution in [0.1, 0.15) is 116 Å². The third kappa shape index (κ3) is 8.25. The molecule has 2 saturated carbocycles. The van der Waals surface area contributed by atoms with E-state index in [9.17, 15) is 0 Å². The standard InChI is InChI=1S/C66H70N2/c1-7-9-21-54(8-2)68(64-46-62(48(5)44-49(64)6)65(47(3)4)40-17-11-18-41-65)57-36-32-53(33-37-57)51-28-26-50(27-29-51)52-30-34-56(35-31-52)67(55-22-13-10-14-23-55)58-38-39-60-59-24-15-16-25-61(59)66(63(60)45-58)42-19-12-20-43-66/h7-10,13-16,21-39,45-47,49H,1,11-12,17-20,40-44H2,2-6H3/b21-9-,54-8+. The SMILES string of the molecule is C=C/C=C\C(=C/C)N(C1=CC(C2(C(C)C)CCCCC2)=C(C)CC1C)c1ccc(-c2ccc(-c3ccc(N(c4ccccc4)c4ccc5c(c4)C4(CCCCC4)c4ccccc4-5)cc3)cc2)cc1. The molecule has 0 radical (unpaired) electrons. The van der Waals surface area contributed by atoms with Crippen LogP contribution in [0.4, 0.5) is 22.7 Å². The highest BCUT2D eigenvalue weighted by molar-refractivity contribution is 5.86. The minimum Gasteiger partial charge on any atom is -0.314 e. The van der Waals surface area contributed by atoms with Gasteiger partial charge >= 0.3 is 0 Å². The number of rotatable bonds is 12. The van der Waals surface area contributed by atoms with Crippen molar-refractivity contribution in [3.63, 3.8) is 0 Å². The summed E-state index contributed by atoms with van der Waals surface area (Å²) in [5.74, 6) is 1.01. The molecule has 4 aliphatic rings. The molecule has 1 spiro atoms. The van der Waals surface area contributed by atoms with Crippen LogP contribution in [-0.4, -0.2) is 0 Å². The topological polar surface area (TPSA) is 6.48 Å². The van der Waals surface area contributed by atoms with E-state index >= 15 is 0 Å². The van der Waals surface area contributed by atoms with E-state index in [1.807, 2.05) is 6.08 Å². The van der Waals surface area contributed by atoms with Crippen LogP contribution >= 0.6 is 0 Å². The van der Waals surface area contributed by atoms with Gasteiger partial charge in [0.2, 0.25) is 0 Å². The molecule has 0 saturated heterocycles. The molecule has 1 unspecified atom stereocenters. The molecule has 2 fully saturated rings. The zero-order valence-corrected chi connectivity index (χ0v) is 41.3. The number of nitrogens with zero attached hydrogens (tertiary/aromatic N) is 2. The van der Waals surface area contributed by atoms with Gasteiger partial charge in [-0.05, 0) is 168 Å². The molecule has 0 heterocycles. The lowest BCUT2D eigenvalue weighted by molar-refractivity contribution is 0.166. The summed E-state index contributed by atoms with van der Waals surface area (Å²) < 4.78 is 0. The number of fused-ring (bicyclic) bond motifs is 5. The highest BCUT2D eigenvalue weighted by atomic mass is 15.2. The quantitative estimate of drug-likeness (QED) is 0.113. The molecule has 2 nitrogen and oxygen atoms in total. The number of allylic oxidation sites excluding steroid dienone is 8. The second-order valence-corrected chi connectivity index (χ2v) is 20.6. The zero-order chi connectivity index (χ0) is 46.8. The lowest BCUT2D eigenvalue weighted by Crippen LogP contribution is -2.35. The summed E-state index contributed by atoms with van der Waals surface area (Å²) in [7, 11) is 0. The predicted octanol–water partition coefficient (Wildman–Crippen LogP) is 19.0. The number of hydrogen-bond acceptors (Lipinski definition) is 2. The Kier molecular flexibility index (Phi) is 12.9. The molecule has 6 aromatic carbocycles. The summed E-state index contributed by atoms with van der Waals surface area (Å²) in [4.78, 5) is 4.95. The largest absolute Gasteiger partial charge is 0.314 e. The van der Waals surface area contributed by atoms with Gasteiger partial charge in [0.15, 0.2) is 0 Å². The summed E-state index contributed by atoms with van der Waals surface area (Å²) in [5, 5.41) is 0. The van der Waals surface area contributed by atoms with Crippen molar-refractivity contribution >= 4 is 22.7 Å². The molecule has 2 heteroatoms. The summed E-state index contributed by atoms with van der Waals surface area (Å²) in [6, 6.07) is 54.8. The van der Waals surface area contributed by atoms with Crippen molar-refractivity contribution in [2.45, 2.75) is 111 Å². The molecule has 0 aliphatic heterocycles. The summed E-state index contributed by atoms with van der Waals surface area (Å²) >= 11 is 0. The zero-order valence-electron chi connectivity index (χ0n) is 41.3. The van der Waals surface area contributed by atoms with Gasteiger partial charge in [-0.3, -0.25) is 0 Å². The van der Waals surface area contributed by atoms with Crippen molar-refractivity contribution in [2.24, 2.45) is 17.3 Å². The van der Waals surface area contributed by atoms with E-state index in [4.69, 9.17) is 0 Å². The van der Waals surface area contributed by atoms with Gasteiger partial charge in [-0.1, -0.05) is 187 Å². The normalized spacial score (nSPS) is 18.6. The van der Waals surface area contributed by atoms with Gasteiger partial charge in [-0.2, -0.15) is 0 Å². The van der Waals surface area contributed by atoms with Crippen LogP contribution in [0.3, 0.4) is 0 Å². The first-order valence-electron chi connectivity index (χ1n) is 25.8. The molecular formula is C66H70N2. The maximum atomic E-state index is 4.01. The molecule has 0 N–H and O–H groups in total. The molecule has 0 amide bonds. The van der Waals surface area contributed by atoms with Gasteiger partial charge in [0.05, 0.1) is 0 Å². The molecule has 344 valence electrons. The Hall–Kier alpha value is -6.38. The van der Waals surface area contributed by atoms with Gasteiger partial charge in [0.1, 0.15) is 0 Å². The molecule has 1 atom stereocenters. The lowest BCUT2D eigenvalue weighted by Gasteiger charge is -2.46. The molecule has 0 bridgehead atoms. The van der Waals surface area contributed by atoms with Crippen LogP contribution < -0.4 is 9.80 Å². The Morgan fingerprint density at radius 1 is 0.603 bits per heavy atom. The molecule has 0 aromatic heterocycles. The Labute approximate surface area is 408 Å². The highest BCUT2D eigenvalue weighted by Gasteiger charge is 2.44. The van der Waals surface area contributed by atoms with E-state index in [0.29, 0.717) is 11.8 Å². The van der Waals surface area contributed by atoms with E-state index in [1.165, 1.54) is 137 Å². The summed E-state index contributed by atoms with van der Waals surface area (Å²) in [5.41, 5.74) is 21.6. The smallest absolute Gasteiger partial charge is 0.0465 e. The fourth-order valence-electron chi connectivity index (χ4n) is 13.0. The Bertz CT molecular complexity index is 2870. The van der Waals surface area contributed by atoms with Crippen LogP contribution in [0.5, 0.6) is 0 Å². The van der Waals surface area contributed by atoms with Gasteiger partial charge in [-0.25, -0.2) is 0 Å². The van der Waals surface area contributed by atoms with E-state index in [2.05, 4.69) is 221 Å². The Morgan fingerprint density at radius 2 is 1.13 bits per heavy atom. The minimum absolute atomic E-state index is 0.109. The fraction of sp³-hybridized carbons (Fsp3) is 0.303. The maximum Gasteiger partial charge on any atom is 0.0465 e. The Morgan fingerprint density at radius 3 is 1.74 bits per heavy atom. The molecule has 68 heavy (non-hydrogen) atoms. The van der Waals surface area contributed by atoms with E-state index in [1.54, 1.807) is 11.1 Å². The second-order valence-electron chi connectivity index (χ2n) is 20.6. The number of para-hydroxylation sites is 1. The van der Waals surface area contributed by atoms with E-state index < -0.39 is 0 Å². The van der Waals surface area contributed by atoms with Gasteiger partial charge in [0, 0.05) is 45.5 Å². The molecule has 10 rings (SSSR count). The van der Waals surface area contributed by atoms with Crippen molar-refractivity contribution in [1.82, 2.24) is 0 Å². The summed E-state index contributed by atoms with van der Waals surface area (Å²) in [6.45, 7) is 15.9. The average molecular weight is 891 g/mol. The average Bonchev–Trinajstić information content (AvgIpc) is 3.64. The molecular weight excluding hydrogens is 821 g/mol. The Balaban J connectivity index is 0.927. The number of hydrogen-bond donors (Lipinski definition) is 0. The van der Waals surface area contributed by atoms with E-state index in [-0.39, 0.29) is 10.8 Å². The molecule has 4 aliphatic carbocycles. The van der Waals surface area contributed by atoms with Crippen LogP contribution in [0, 0.1) is 17.3 Å². The fourth-order valence-corrected chi connectivity index (χ4v) is 13.0. The van der Waals surface area contributed by atoms with Crippen LogP contribution in [-0.2, 0) is 5.41 Å². The van der Waals surface area contributed by atoms with Crippen LogP contribution in [0.25, 0.3) is 33.4 Å². The minimum atomic E-state index is 0.109. The van der Waals surface area contributed by atoms with Gasteiger partial charge in [-0.15, -0.1) is 0 Å². The number of anilines is 4. The van der Waals surface area contributed by atoms with Crippen molar-refractivity contribution in [1.29, 1.82) is 0 Å². The first kappa shape index (κ1) is 45.4. The number of benzene rings is 6. The van der Waals surface area contributed by atoms with E-state index in [0.717, 1.165) is 12.1 Å². The lowest BCUT2D eigenvalue weighted by atomic mass is 9.60. The van der Waals surface area contributed by atoms with Crippen molar-refractivity contribution in [3.8, 4) is 33.4 Å². The second kappa shape index (κ2) is 19.3. The predicted molar refractivity (Wildman–Crippen MR) is 292 cm³/mol. The third-order valence-electron chi connectivity index (χ3n) is 16.5. The summed E-state index contributed by atoms with van der Waals surface area (Å²) in [6.07, 6.45) is 25.1. The molecule has 6 aromatic rings. The van der Waals surface area contributed by atoms with Crippen molar-refractivity contribution in [3.05, 3.63) is 216 Å². The van der Waals surface area contributed by atoms with Crippen molar-refractivity contribution < 1.29 is 0 Å². The highest BCUT2D eigenvalue weighted by Crippen LogP contribution is 2.57. The maximum absolute atomic E-state index is 4.01. The first-order valence-corrected chi connectivity index (χ1v) is 25.8. The monoisotopic (exact) mass is 891 g/mol. The third-order valence-corrected chi connectivity index (χ3v) is 16.5. The first-order chi connectivity index (χ1) is 33.2. The van der Waals surface area contributed by atoms with Gasteiger partial charge in [0.25, 0.3) is 0 Å².